The topological polar surface area (TPSA) is 35.6 Å². The van der Waals surface area contributed by atoms with Crippen LogP contribution in [0.25, 0.3) is 0 Å². The van der Waals surface area contributed by atoms with E-state index in [1.807, 2.05) is 0 Å². The molecule has 4 heteroatoms. The maximum absolute atomic E-state index is 12.4. The molecule has 2 aliphatic heterocycles. The van der Waals surface area contributed by atoms with Crippen molar-refractivity contribution in [2.24, 2.45) is 5.92 Å². The van der Waals surface area contributed by atoms with Gasteiger partial charge in [-0.1, -0.05) is 13.8 Å². The van der Waals surface area contributed by atoms with Gasteiger partial charge in [0.05, 0.1) is 0 Å². The summed E-state index contributed by atoms with van der Waals surface area (Å²) < 4.78 is 0. The lowest BCUT2D eigenvalue weighted by Gasteiger charge is -2.34. The van der Waals surface area contributed by atoms with Crippen LogP contribution in [0.15, 0.2) is 0 Å². The molecule has 0 aliphatic carbocycles. The average Bonchev–Trinajstić information content (AvgIpc) is 2.55. The zero-order valence-electron chi connectivity index (χ0n) is 14.6. The molecule has 0 unspecified atom stereocenters. The van der Waals surface area contributed by atoms with Gasteiger partial charge in [-0.05, 0) is 70.6 Å². The van der Waals surface area contributed by atoms with Crippen molar-refractivity contribution in [2.75, 3.05) is 39.3 Å². The van der Waals surface area contributed by atoms with Crippen LogP contribution in [0.2, 0.25) is 0 Å². The molecular weight excluding hydrogens is 274 g/mol. The van der Waals surface area contributed by atoms with Crippen LogP contribution in [0, 0.1) is 5.92 Å². The number of piperidine rings is 2. The van der Waals surface area contributed by atoms with Gasteiger partial charge < -0.3 is 15.1 Å². The third-order valence-corrected chi connectivity index (χ3v) is 5.35. The Hall–Kier alpha value is -0.610. The SMILES string of the molecule is CCCN1CCC(CCC(=O)N2CCC(NCC)CC2)CC1. The molecule has 2 heterocycles. The predicted molar refractivity (Wildman–Crippen MR) is 92.0 cm³/mol. The summed E-state index contributed by atoms with van der Waals surface area (Å²) in [6, 6.07) is 0.622. The Morgan fingerprint density at radius 3 is 2.32 bits per heavy atom. The number of nitrogens with one attached hydrogen (secondary N) is 1. The molecule has 1 amide bonds. The van der Waals surface area contributed by atoms with Gasteiger partial charge in [0.15, 0.2) is 0 Å². The molecular formula is C18H35N3O. The molecule has 22 heavy (non-hydrogen) atoms. The molecule has 0 saturated carbocycles. The zero-order valence-corrected chi connectivity index (χ0v) is 14.6. The van der Waals surface area contributed by atoms with Gasteiger partial charge in [-0.25, -0.2) is 0 Å². The highest BCUT2D eigenvalue weighted by atomic mass is 16.2. The van der Waals surface area contributed by atoms with E-state index in [0.717, 1.165) is 51.2 Å². The van der Waals surface area contributed by atoms with Gasteiger partial charge in [0, 0.05) is 25.6 Å². The first-order valence-electron chi connectivity index (χ1n) is 9.46. The summed E-state index contributed by atoms with van der Waals surface area (Å²) in [4.78, 5) is 17.0. The van der Waals surface area contributed by atoms with Gasteiger partial charge in [0.25, 0.3) is 0 Å². The van der Waals surface area contributed by atoms with Gasteiger partial charge in [-0.15, -0.1) is 0 Å². The first-order valence-corrected chi connectivity index (χ1v) is 9.46. The highest BCUT2D eigenvalue weighted by Gasteiger charge is 2.24. The number of likely N-dealkylation sites (tertiary alicyclic amines) is 2. The van der Waals surface area contributed by atoms with Crippen molar-refractivity contribution in [2.45, 2.75) is 64.8 Å². The molecule has 2 aliphatic rings. The number of carbonyl (C=O) groups is 1. The standard InChI is InChI=1S/C18H35N3O/c1-3-11-20-12-7-16(8-13-20)5-6-18(22)21-14-9-17(10-15-21)19-4-2/h16-17,19H,3-15H2,1-2H3. The quantitative estimate of drug-likeness (QED) is 0.785. The minimum Gasteiger partial charge on any atom is -0.343 e. The van der Waals surface area contributed by atoms with Crippen molar-refractivity contribution < 1.29 is 4.79 Å². The monoisotopic (exact) mass is 309 g/mol. The first kappa shape index (κ1) is 17.7. The number of rotatable bonds is 7. The molecule has 2 fully saturated rings. The summed E-state index contributed by atoms with van der Waals surface area (Å²) in [6.07, 6.45) is 7.94. The molecule has 0 radical (unpaired) electrons. The minimum absolute atomic E-state index is 0.394. The Labute approximate surface area is 136 Å². The summed E-state index contributed by atoms with van der Waals surface area (Å²) in [5, 5.41) is 3.50. The van der Waals surface area contributed by atoms with Gasteiger partial charge in [0.2, 0.25) is 5.91 Å². The van der Waals surface area contributed by atoms with Crippen LogP contribution in [0.1, 0.15) is 58.8 Å². The van der Waals surface area contributed by atoms with E-state index in [2.05, 4.69) is 29.0 Å². The van der Waals surface area contributed by atoms with Crippen LogP contribution in [-0.2, 0) is 4.79 Å². The van der Waals surface area contributed by atoms with E-state index in [-0.39, 0.29) is 0 Å². The van der Waals surface area contributed by atoms with Gasteiger partial charge in [-0.3, -0.25) is 4.79 Å². The molecule has 0 spiro atoms. The number of nitrogens with zero attached hydrogens (tertiary/aromatic N) is 2. The second kappa shape index (κ2) is 9.51. The second-order valence-electron chi connectivity index (χ2n) is 7.04. The summed E-state index contributed by atoms with van der Waals surface area (Å²) >= 11 is 0. The predicted octanol–water partition coefficient (Wildman–Crippen LogP) is 2.49. The third kappa shape index (κ3) is 5.54. The highest BCUT2D eigenvalue weighted by molar-refractivity contribution is 5.76. The van der Waals surface area contributed by atoms with E-state index in [1.165, 1.54) is 38.9 Å². The largest absolute Gasteiger partial charge is 0.343 e. The summed E-state index contributed by atoms with van der Waals surface area (Å²) in [5.41, 5.74) is 0. The van der Waals surface area contributed by atoms with Crippen molar-refractivity contribution in [3.63, 3.8) is 0 Å². The molecule has 0 aromatic rings. The molecule has 4 nitrogen and oxygen atoms in total. The molecule has 0 aromatic heterocycles. The van der Waals surface area contributed by atoms with Crippen LogP contribution in [0.4, 0.5) is 0 Å². The maximum Gasteiger partial charge on any atom is 0.222 e. The van der Waals surface area contributed by atoms with Crippen molar-refractivity contribution in [1.82, 2.24) is 15.1 Å². The van der Waals surface area contributed by atoms with Crippen molar-refractivity contribution in [1.29, 1.82) is 0 Å². The normalized spacial score (nSPS) is 22.2. The average molecular weight is 309 g/mol. The molecule has 0 atom stereocenters. The Morgan fingerprint density at radius 1 is 1.05 bits per heavy atom. The van der Waals surface area contributed by atoms with Crippen LogP contribution in [0.5, 0.6) is 0 Å². The Morgan fingerprint density at radius 2 is 1.73 bits per heavy atom. The van der Waals surface area contributed by atoms with Crippen LogP contribution >= 0.6 is 0 Å². The fraction of sp³-hybridized carbons (Fsp3) is 0.944. The minimum atomic E-state index is 0.394. The van der Waals surface area contributed by atoms with Crippen molar-refractivity contribution in [3.05, 3.63) is 0 Å². The second-order valence-corrected chi connectivity index (χ2v) is 7.04. The summed E-state index contributed by atoms with van der Waals surface area (Å²) in [6.45, 7) is 11.1. The molecule has 2 rings (SSSR count). The number of hydrogen-bond donors (Lipinski definition) is 1. The van der Waals surface area contributed by atoms with Crippen LogP contribution in [0.3, 0.4) is 0 Å². The van der Waals surface area contributed by atoms with Crippen LogP contribution < -0.4 is 5.32 Å². The summed E-state index contributed by atoms with van der Waals surface area (Å²) in [5.74, 6) is 1.17. The lowest BCUT2D eigenvalue weighted by molar-refractivity contribution is -0.132. The number of carbonyl (C=O) groups excluding carboxylic acids is 1. The lowest BCUT2D eigenvalue weighted by atomic mass is 9.91. The van der Waals surface area contributed by atoms with E-state index >= 15 is 0 Å². The van der Waals surface area contributed by atoms with Gasteiger partial charge >= 0.3 is 0 Å². The Balaban J connectivity index is 1.60. The van der Waals surface area contributed by atoms with Crippen molar-refractivity contribution >= 4 is 5.91 Å². The van der Waals surface area contributed by atoms with E-state index in [1.54, 1.807) is 0 Å². The van der Waals surface area contributed by atoms with Gasteiger partial charge in [-0.2, -0.15) is 0 Å². The van der Waals surface area contributed by atoms with Crippen LogP contribution in [-0.4, -0.2) is 61.0 Å². The Bertz CT molecular complexity index is 318. The molecule has 1 N–H and O–H groups in total. The highest BCUT2D eigenvalue weighted by Crippen LogP contribution is 2.23. The lowest BCUT2D eigenvalue weighted by Crippen LogP contribution is -2.45. The fourth-order valence-electron chi connectivity index (χ4n) is 3.92. The maximum atomic E-state index is 12.4. The first-order chi connectivity index (χ1) is 10.7. The van der Waals surface area contributed by atoms with E-state index in [0.29, 0.717) is 11.9 Å². The smallest absolute Gasteiger partial charge is 0.222 e. The summed E-state index contributed by atoms with van der Waals surface area (Å²) in [7, 11) is 0. The number of amides is 1. The molecule has 128 valence electrons. The Kier molecular flexibility index (Phi) is 7.67. The molecule has 2 saturated heterocycles. The molecule has 0 bridgehead atoms. The third-order valence-electron chi connectivity index (χ3n) is 5.35. The van der Waals surface area contributed by atoms with E-state index in [9.17, 15) is 4.79 Å². The van der Waals surface area contributed by atoms with E-state index < -0.39 is 0 Å². The van der Waals surface area contributed by atoms with Gasteiger partial charge in [0.1, 0.15) is 0 Å². The zero-order chi connectivity index (χ0) is 15.8. The molecule has 0 aromatic carbocycles. The number of hydrogen-bond acceptors (Lipinski definition) is 3. The fourth-order valence-corrected chi connectivity index (χ4v) is 3.92. The van der Waals surface area contributed by atoms with Crippen molar-refractivity contribution in [3.8, 4) is 0 Å². The van der Waals surface area contributed by atoms with E-state index in [4.69, 9.17) is 0 Å².